The third kappa shape index (κ3) is 3.81. The van der Waals surface area contributed by atoms with Gasteiger partial charge in [-0.3, -0.25) is 0 Å². The van der Waals surface area contributed by atoms with Crippen molar-refractivity contribution in [2.24, 2.45) is 0 Å². The highest BCUT2D eigenvalue weighted by atomic mass is 19.3. The summed E-state index contributed by atoms with van der Waals surface area (Å²) >= 11 is 0. The van der Waals surface area contributed by atoms with Gasteiger partial charge in [-0.25, -0.2) is 0 Å². The molecule has 0 saturated carbocycles. The molecular formula is C18H20F2O. The predicted octanol–water partition coefficient (Wildman–Crippen LogP) is 5.29. The molecule has 0 aromatic heterocycles. The standard InChI is InChI=1S/C18H20F2O/c1-13(2)15-10-9-14(3)17(11-15)21-12-18(19,20)16-7-5-4-6-8-16/h4-11,13H,12H2,1-3H3. The maximum Gasteiger partial charge on any atom is 0.306 e. The molecule has 0 aliphatic carbocycles. The third-order valence-corrected chi connectivity index (χ3v) is 3.48. The highest BCUT2D eigenvalue weighted by Gasteiger charge is 2.32. The molecule has 0 aliphatic rings. The van der Waals surface area contributed by atoms with Crippen molar-refractivity contribution in [3.63, 3.8) is 0 Å². The average molecular weight is 290 g/mol. The van der Waals surface area contributed by atoms with E-state index in [-0.39, 0.29) is 5.56 Å². The Morgan fingerprint density at radius 3 is 2.33 bits per heavy atom. The van der Waals surface area contributed by atoms with Crippen LogP contribution in [0, 0.1) is 6.92 Å². The number of benzene rings is 2. The van der Waals surface area contributed by atoms with Crippen molar-refractivity contribution in [1.29, 1.82) is 0 Å². The van der Waals surface area contributed by atoms with Crippen LogP contribution in [0.5, 0.6) is 5.75 Å². The van der Waals surface area contributed by atoms with Crippen LogP contribution >= 0.6 is 0 Å². The van der Waals surface area contributed by atoms with Gasteiger partial charge in [0.25, 0.3) is 0 Å². The Kier molecular flexibility index (Phi) is 4.61. The van der Waals surface area contributed by atoms with Crippen molar-refractivity contribution >= 4 is 0 Å². The van der Waals surface area contributed by atoms with E-state index >= 15 is 0 Å². The van der Waals surface area contributed by atoms with Gasteiger partial charge in [0, 0.05) is 5.56 Å². The van der Waals surface area contributed by atoms with Gasteiger partial charge >= 0.3 is 5.92 Å². The molecule has 21 heavy (non-hydrogen) atoms. The average Bonchev–Trinajstić information content (AvgIpc) is 2.47. The van der Waals surface area contributed by atoms with Gasteiger partial charge < -0.3 is 4.74 Å². The van der Waals surface area contributed by atoms with Gasteiger partial charge in [0.2, 0.25) is 0 Å². The second kappa shape index (κ2) is 6.25. The van der Waals surface area contributed by atoms with Crippen LogP contribution in [-0.4, -0.2) is 6.61 Å². The number of halogens is 2. The Hall–Kier alpha value is -1.90. The van der Waals surface area contributed by atoms with E-state index in [1.807, 2.05) is 25.1 Å². The maximum absolute atomic E-state index is 14.1. The van der Waals surface area contributed by atoms with Crippen molar-refractivity contribution in [2.75, 3.05) is 6.61 Å². The van der Waals surface area contributed by atoms with Gasteiger partial charge in [0.15, 0.2) is 6.61 Å². The monoisotopic (exact) mass is 290 g/mol. The van der Waals surface area contributed by atoms with Gasteiger partial charge in [-0.2, -0.15) is 8.78 Å². The minimum atomic E-state index is -3.00. The summed E-state index contributed by atoms with van der Waals surface area (Å²) in [6.07, 6.45) is 0. The lowest BCUT2D eigenvalue weighted by molar-refractivity contribution is -0.0468. The molecule has 0 spiro atoms. The minimum Gasteiger partial charge on any atom is -0.487 e. The van der Waals surface area contributed by atoms with Crippen molar-refractivity contribution in [3.8, 4) is 5.75 Å². The van der Waals surface area contributed by atoms with E-state index in [2.05, 4.69) is 13.8 Å². The lowest BCUT2D eigenvalue weighted by atomic mass is 10.0. The fourth-order valence-corrected chi connectivity index (χ4v) is 2.07. The van der Waals surface area contributed by atoms with Gasteiger partial charge in [-0.05, 0) is 30.0 Å². The van der Waals surface area contributed by atoms with Crippen molar-refractivity contribution < 1.29 is 13.5 Å². The van der Waals surface area contributed by atoms with Crippen LogP contribution < -0.4 is 4.74 Å². The van der Waals surface area contributed by atoms with Crippen molar-refractivity contribution in [2.45, 2.75) is 32.6 Å². The topological polar surface area (TPSA) is 9.23 Å². The largest absolute Gasteiger partial charge is 0.487 e. The van der Waals surface area contributed by atoms with Crippen molar-refractivity contribution in [1.82, 2.24) is 0 Å². The number of aryl methyl sites for hydroxylation is 1. The predicted molar refractivity (Wildman–Crippen MR) is 81.1 cm³/mol. The molecule has 0 saturated heterocycles. The number of ether oxygens (including phenoxy) is 1. The molecule has 0 unspecified atom stereocenters. The first kappa shape index (κ1) is 15.5. The molecule has 2 rings (SSSR count). The lowest BCUT2D eigenvalue weighted by Crippen LogP contribution is -2.23. The van der Waals surface area contributed by atoms with Gasteiger partial charge in [-0.1, -0.05) is 56.3 Å². The summed E-state index contributed by atoms with van der Waals surface area (Å²) in [5.41, 5.74) is 1.92. The fraction of sp³-hybridized carbons (Fsp3) is 0.333. The molecule has 0 amide bonds. The van der Waals surface area contributed by atoms with E-state index < -0.39 is 12.5 Å². The third-order valence-electron chi connectivity index (χ3n) is 3.48. The van der Waals surface area contributed by atoms with Crippen LogP contribution in [-0.2, 0) is 5.92 Å². The van der Waals surface area contributed by atoms with Crippen LogP contribution in [0.3, 0.4) is 0 Å². The van der Waals surface area contributed by atoms with E-state index in [1.54, 1.807) is 18.2 Å². The van der Waals surface area contributed by atoms with Crippen LogP contribution in [0.2, 0.25) is 0 Å². The fourth-order valence-electron chi connectivity index (χ4n) is 2.07. The quantitative estimate of drug-likeness (QED) is 0.727. The second-order valence-electron chi connectivity index (χ2n) is 5.54. The van der Waals surface area contributed by atoms with E-state index in [9.17, 15) is 8.78 Å². The Labute approximate surface area is 124 Å². The Morgan fingerprint density at radius 1 is 1.05 bits per heavy atom. The van der Waals surface area contributed by atoms with E-state index in [0.717, 1.165) is 11.1 Å². The van der Waals surface area contributed by atoms with Crippen LogP contribution in [0.1, 0.15) is 36.5 Å². The van der Waals surface area contributed by atoms with Gasteiger partial charge in [0.05, 0.1) is 0 Å². The molecule has 0 radical (unpaired) electrons. The molecule has 0 fully saturated rings. The Balaban J connectivity index is 2.14. The highest BCUT2D eigenvalue weighted by molar-refractivity contribution is 5.38. The number of hydrogen-bond donors (Lipinski definition) is 0. The SMILES string of the molecule is Cc1ccc(C(C)C)cc1OCC(F)(F)c1ccccc1. The molecule has 0 heterocycles. The molecule has 0 aliphatic heterocycles. The smallest absolute Gasteiger partial charge is 0.306 e. The summed E-state index contributed by atoms with van der Waals surface area (Å²) in [7, 11) is 0. The van der Waals surface area contributed by atoms with Gasteiger partial charge in [-0.15, -0.1) is 0 Å². The van der Waals surface area contributed by atoms with E-state index in [4.69, 9.17) is 4.74 Å². The molecule has 112 valence electrons. The Morgan fingerprint density at radius 2 is 1.71 bits per heavy atom. The zero-order chi connectivity index (χ0) is 15.5. The lowest BCUT2D eigenvalue weighted by Gasteiger charge is -2.19. The van der Waals surface area contributed by atoms with E-state index in [1.165, 1.54) is 12.1 Å². The first-order chi connectivity index (χ1) is 9.90. The highest BCUT2D eigenvalue weighted by Crippen LogP contribution is 2.30. The van der Waals surface area contributed by atoms with Gasteiger partial charge in [0.1, 0.15) is 5.75 Å². The Bertz CT molecular complexity index is 591. The van der Waals surface area contributed by atoms with Crippen LogP contribution in [0.15, 0.2) is 48.5 Å². The first-order valence-corrected chi connectivity index (χ1v) is 7.07. The summed E-state index contributed by atoms with van der Waals surface area (Å²) in [5.74, 6) is -2.14. The normalized spacial score (nSPS) is 11.7. The first-order valence-electron chi connectivity index (χ1n) is 7.07. The zero-order valence-corrected chi connectivity index (χ0v) is 12.6. The minimum absolute atomic E-state index is 0.0253. The molecule has 0 atom stereocenters. The number of alkyl halides is 2. The summed E-state index contributed by atoms with van der Waals surface area (Å²) in [6, 6.07) is 13.5. The van der Waals surface area contributed by atoms with Crippen LogP contribution in [0.25, 0.3) is 0 Å². The molecule has 1 nitrogen and oxygen atoms in total. The molecular weight excluding hydrogens is 270 g/mol. The number of hydrogen-bond acceptors (Lipinski definition) is 1. The molecule has 0 N–H and O–H groups in total. The van der Waals surface area contributed by atoms with E-state index in [0.29, 0.717) is 11.7 Å². The summed E-state index contributed by atoms with van der Waals surface area (Å²) in [6.45, 7) is 5.33. The zero-order valence-electron chi connectivity index (χ0n) is 12.6. The molecule has 2 aromatic carbocycles. The van der Waals surface area contributed by atoms with Crippen molar-refractivity contribution in [3.05, 3.63) is 65.2 Å². The summed E-state index contributed by atoms with van der Waals surface area (Å²) in [4.78, 5) is 0. The molecule has 2 aromatic rings. The maximum atomic E-state index is 14.1. The van der Waals surface area contributed by atoms with Crippen LogP contribution in [0.4, 0.5) is 8.78 Å². The molecule has 3 heteroatoms. The number of rotatable bonds is 5. The second-order valence-corrected chi connectivity index (χ2v) is 5.54. The molecule has 0 bridgehead atoms. The summed E-state index contributed by atoms with van der Waals surface area (Å²) in [5, 5.41) is 0. The summed E-state index contributed by atoms with van der Waals surface area (Å²) < 4.78 is 33.6.